The van der Waals surface area contributed by atoms with Crippen LogP contribution in [0.5, 0.6) is 0 Å². The molecule has 21 heavy (non-hydrogen) atoms. The minimum atomic E-state index is -3.50. The zero-order chi connectivity index (χ0) is 15.0. The largest absolute Gasteiger partial charge is 0.370 e. The molecule has 1 aromatic heterocycles. The van der Waals surface area contributed by atoms with Gasteiger partial charge in [0.15, 0.2) is 0 Å². The molecule has 1 aliphatic rings. The third-order valence-corrected chi connectivity index (χ3v) is 5.36. The van der Waals surface area contributed by atoms with Crippen molar-refractivity contribution < 1.29 is 8.42 Å². The average Bonchev–Trinajstić information content (AvgIpc) is 3.08. The number of rotatable bonds is 4. The number of amidine groups is 1. The first-order valence-electron chi connectivity index (χ1n) is 6.50. The predicted octanol–water partition coefficient (Wildman–Crippen LogP) is 1.31. The second kappa shape index (κ2) is 5.43. The number of sulfonamides is 1. The van der Waals surface area contributed by atoms with E-state index in [9.17, 15) is 8.42 Å². The van der Waals surface area contributed by atoms with Gasteiger partial charge in [-0.25, -0.2) is 13.1 Å². The summed E-state index contributed by atoms with van der Waals surface area (Å²) in [6, 6.07) is 5.57. The lowest BCUT2D eigenvalue weighted by atomic mass is 10.2. The summed E-state index contributed by atoms with van der Waals surface area (Å²) in [4.78, 5) is 4.64. The Labute approximate surface area is 131 Å². The standard InChI is InChI=1S/C13H15BrN4O2S/c1-15-21(19,20)12-7-18(8-13-16-4-5-17-13)11-6-9(14)2-3-10(11)12/h2-3,6-7,15H,4-5,8H2,1H3,(H,16,17). The van der Waals surface area contributed by atoms with Crippen LogP contribution in [-0.2, 0) is 16.6 Å². The van der Waals surface area contributed by atoms with Crippen LogP contribution in [0.15, 0.2) is 38.8 Å². The summed E-state index contributed by atoms with van der Waals surface area (Å²) in [5.74, 6) is 0.875. The maximum absolute atomic E-state index is 12.2. The fourth-order valence-corrected chi connectivity index (χ4v) is 3.70. The van der Waals surface area contributed by atoms with Crippen LogP contribution in [0.4, 0.5) is 0 Å². The maximum Gasteiger partial charge on any atom is 0.242 e. The van der Waals surface area contributed by atoms with E-state index in [0.29, 0.717) is 11.9 Å². The van der Waals surface area contributed by atoms with Gasteiger partial charge in [0.2, 0.25) is 10.0 Å². The fraction of sp³-hybridized carbons (Fsp3) is 0.308. The molecular weight excluding hydrogens is 356 g/mol. The predicted molar refractivity (Wildman–Crippen MR) is 86.2 cm³/mol. The summed E-state index contributed by atoms with van der Waals surface area (Å²) in [6.45, 7) is 2.13. The van der Waals surface area contributed by atoms with Crippen molar-refractivity contribution >= 4 is 42.7 Å². The Morgan fingerprint density at radius 3 is 2.95 bits per heavy atom. The van der Waals surface area contributed by atoms with Crippen LogP contribution in [0, 0.1) is 0 Å². The van der Waals surface area contributed by atoms with Gasteiger partial charge in [0, 0.05) is 22.6 Å². The molecule has 0 saturated carbocycles. The summed E-state index contributed by atoms with van der Waals surface area (Å²) in [7, 11) is -2.08. The van der Waals surface area contributed by atoms with Crippen molar-refractivity contribution in [3.05, 3.63) is 28.9 Å². The van der Waals surface area contributed by atoms with Crippen LogP contribution in [0.1, 0.15) is 0 Å². The number of aromatic nitrogens is 1. The number of aliphatic imine (C=N–C) groups is 1. The second-order valence-corrected chi connectivity index (χ2v) is 7.52. The Hall–Kier alpha value is -1.38. The Morgan fingerprint density at radius 2 is 2.29 bits per heavy atom. The van der Waals surface area contributed by atoms with Gasteiger partial charge in [-0.05, 0) is 19.2 Å². The number of benzene rings is 1. The lowest BCUT2D eigenvalue weighted by Crippen LogP contribution is -2.23. The summed E-state index contributed by atoms with van der Waals surface area (Å²) in [5.41, 5.74) is 0.856. The van der Waals surface area contributed by atoms with Gasteiger partial charge in [0.1, 0.15) is 10.7 Å². The van der Waals surface area contributed by atoms with E-state index in [2.05, 4.69) is 31.0 Å². The lowest BCUT2D eigenvalue weighted by molar-refractivity contribution is 0.588. The highest BCUT2D eigenvalue weighted by Gasteiger charge is 2.20. The van der Waals surface area contributed by atoms with Gasteiger partial charge in [-0.1, -0.05) is 22.0 Å². The van der Waals surface area contributed by atoms with Crippen molar-refractivity contribution in [1.29, 1.82) is 0 Å². The van der Waals surface area contributed by atoms with Crippen LogP contribution in [0.2, 0.25) is 0 Å². The Kier molecular flexibility index (Phi) is 3.76. The molecule has 1 aromatic carbocycles. The van der Waals surface area contributed by atoms with E-state index in [-0.39, 0.29) is 4.90 Å². The SMILES string of the molecule is CNS(=O)(=O)c1cn(CC2=NCCN2)c2cc(Br)ccc12. The van der Waals surface area contributed by atoms with Crippen molar-refractivity contribution in [2.45, 2.75) is 11.4 Å². The molecule has 3 rings (SSSR count). The molecule has 0 unspecified atom stereocenters. The number of hydrogen-bond donors (Lipinski definition) is 2. The summed E-state index contributed by atoms with van der Waals surface area (Å²) < 4.78 is 29.5. The van der Waals surface area contributed by atoms with Crippen LogP contribution in [0.25, 0.3) is 10.9 Å². The monoisotopic (exact) mass is 370 g/mol. The van der Waals surface area contributed by atoms with Gasteiger partial charge in [0.05, 0.1) is 18.6 Å². The molecule has 2 N–H and O–H groups in total. The third-order valence-electron chi connectivity index (χ3n) is 3.43. The van der Waals surface area contributed by atoms with E-state index in [1.165, 1.54) is 7.05 Å². The molecule has 2 aromatic rings. The van der Waals surface area contributed by atoms with Gasteiger partial charge < -0.3 is 9.88 Å². The first-order chi connectivity index (χ1) is 10.0. The van der Waals surface area contributed by atoms with Crippen molar-refractivity contribution in [3.8, 4) is 0 Å². The minimum Gasteiger partial charge on any atom is -0.370 e. The van der Waals surface area contributed by atoms with Gasteiger partial charge in [-0.15, -0.1) is 0 Å². The molecule has 0 saturated heterocycles. The molecule has 0 bridgehead atoms. The quantitative estimate of drug-likeness (QED) is 0.851. The van der Waals surface area contributed by atoms with E-state index in [1.807, 2.05) is 22.8 Å². The zero-order valence-corrected chi connectivity index (χ0v) is 13.8. The summed E-state index contributed by atoms with van der Waals surface area (Å²) in [5, 5.41) is 3.90. The van der Waals surface area contributed by atoms with Crippen molar-refractivity contribution in [3.63, 3.8) is 0 Å². The number of nitrogens with zero attached hydrogens (tertiary/aromatic N) is 2. The number of nitrogens with one attached hydrogen (secondary N) is 2. The summed E-state index contributed by atoms with van der Waals surface area (Å²) in [6.07, 6.45) is 1.66. The smallest absolute Gasteiger partial charge is 0.242 e. The molecule has 8 heteroatoms. The zero-order valence-electron chi connectivity index (χ0n) is 11.4. The van der Waals surface area contributed by atoms with E-state index in [0.717, 1.165) is 28.9 Å². The summed E-state index contributed by atoms with van der Waals surface area (Å²) >= 11 is 3.43. The molecule has 0 fully saturated rings. The molecule has 0 radical (unpaired) electrons. The highest BCUT2D eigenvalue weighted by molar-refractivity contribution is 9.10. The van der Waals surface area contributed by atoms with Crippen molar-refractivity contribution in [1.82, 2.24) is 14.6 Å². The highest BCUT2D eigenvalue weighted by Crippen LogP contribution is 2.28. The first-order valence-corrected chi connectivity index (χ1v) is 8.78. The van der Waals surface area contributed by atoms with E-state index in [1.54, 1.807) is 6.20 Å². The van der Waals surface area contributed by atoms with Crippen molar-refractivity contribution in [2.24, 2.45) is 4.99 Å². The fourth-order valence-electron chi connectivity index (χ4n) is 2.40. The third kappa shape index (κ3) is 2.70. The van der Waals surface area contributed by atoms with E-state index < -0.39 is 10.0 Å². The van der Waals surface area contributed by atoms with Gasteiger partial charge in [-0.3, -0.25) is 4.99 Å². The van der Waals surface area contributed by atoms with Gasteiger partial charge in [0.25, 0.3) is 0 Å². The van der Waals surface area contributed by atoms with Crippen LogP contribution >= 0.6 is 15.9 Å². The molecule has 0 aliphatic carbocycles. The molecule has 6 nitrogen and oxygen atoms in total. The highest BCUT2D eigenvalue weighted by atomic mass is 79.9. The Morgan fingerprint density at radius 1 is 1.48 bits per heavy atom. The molecule has 2 heterocycles. The van der Waals surface area contributed by atoms with Crippen LogP contribution in [-0.4, -0.2) is 39.0 Å². The maximum atomic E-state index is 12.2. The van der Waals surface area contributed by atoms with Crippen LogP contribution < -0.4 is 10.0 Å². The van der Waals surface area contributed by atoms with Crippen molar-refractivity contribution in [2.75, 3.05) is 20.1 Å². The molecule has 0 atom stereocenters. The van der Waals surface area contributed by atoms with Gasteiger partial charge in [-0.2, -0.15) is 0 Å². The van der Waals surface area contributed by atoms with Crippen LogP contribution in [0.3, 0.4) is 0 Å². The van der Waals surface area contributed by atoms with E-state index in [4.69, 9.17) is 0 Å². The van der Waals surface area contributed by atoms with Gasteiger partial charge >= 0.3 is 0 Å². The molecule has 0 spiro atoms. The number of hydrogen-bond acceptors (Lipinski definition) is 4. The topological polar surface area (TPSA) is 75.5 Å². The van der Waals surface area contributed by atoms with E-state index >= 15 is 0 Å². The minimum absolute atomic E-state index is 0.283. The lowest BCUT2D eigenvalue weighted by Gasteiger charge is -2.06. The number of fused-ring (bicyclic) bond motifs is 1. The molecule has 1 aliphatic heterocycles. The average molecular weight is 371 g/mol. The Bertz CT molecular complexity index is 826. The molecule has 0 amide bonds. The Balaban J connectivity index is 2.17. The first kappa shape index (κ1) is 14.6. The normalized spacial score (nSPS) is 15.2. The second-order valence-electron chi connectivity index (χ2n) is 4.75. The number of halogens is 1. The molecule has 112 valence electrons. The molecular formula is C13H15BrN4O2S.